The van der Waals surface area contributed by atoms with Gasteiger partial charge < -0.3 is 9.88 Å². The van der Waals surface area contributed by atoms with Crippen LogP contribution in [0.2, 0.25) is 20.1 Å². The summed E-state index contributed by atoms with van der Waals surface area (Å²) in [6.45, 7) is 0. The predicted octanol–water partition coefficient (Wildman–Crippen LogP) is 5.38. The van der Waals surface area contributed by atoms with Gasteiger partial charge in [-0.1, -0.05) is 58.5 Å². The minimum atomic E-state index is -0.312. The smallest absolute Gasteiger partial charge is 0.264 e. The fraction of sp³-hybridized carbons (Fsp3) is 0.150. The van der Waals surface area contributed by atoms with Crippen LogP contribution in [-0.2, 0) is 6.42 Å². The average Bonchev–Trinajstić information content (AvgIpc) is 3.05. The third kappa shape index (κ3) is 3.76. The molecule has 0 atom stereocenters. The zero-order valence-electron chi connectivity index (χ0n) is 15.9. The van der Waals surface area contributed by atoms with Crippen molar-refractivity contribution in [3.63, 3.8) is 0 Å². The molecule has 0 aliphatic rings. The summed E-state index contributed by atoms with van der Waals surface area (Å²) in [6.07, 6.45) is 0.348. The molecule has 2 aromatic carbocycles. The summed E-state index contributed by atoms with van der Waals surface area (Å²) in [5.74, 6) is 0.899. The van der Waals surface area contributed by atoms with Gasteiger partial charge in [0.2, 0.25) is 0 Å². The van der Waals surface area contributed by atoms with Gasteiger partial charge in [-0.15, -0.1) is 5.10 Å². The molecule has 10 heteroatoms. The minimum absolute atomic E-state index is 0.312. The van der Waals surface area contributed by atoms with E-state index in [1.54, 1.807) is 49.3 Å². The Morgan fingerprint density at radius 1 is 1.00 bits per heavy atom. The number of aromatic nitrogens is 4. The lowest BCUT2D eigenvalue weighted by molar-refractivity contribution is 0.869. The minimum Gasteiger partial charge on any atom is -0.361 e. The second-order valence-electron chi connectivity index (χ2n) is 6.84. The van der Waals surface area contributed by atoms with Crippen LogP contribution in [0.3, 0.4) is 0 Å². The summed E-state index contributed by atoms with van der Waals surface area (Å²) >= 11 is 24.9. The molecule has 2 heterocycles. The number of nitrogens with one attached hydrogen (secondary N) is 1. The highest BCUT2D eigenvalue weighted by Crippen LogP contribution is 2.32. The van der Waals surface area contributed by atoms with E-state index in [0.29, 0.717) is 54.9 Å². The number of hydrogen-bond donors (Lipinski definition) is 1. The maximum Gasteiger partial charge on any atom is 0.264 e. The van der Waals surface area contributed by atoms with E-state index >= 15 is 0 Å². The van der Waals surface area contributed by atoms with Crippen LogP contribution in [0.25, 0.3) is 16.7 Å². The largest absolute Gasteiger partial charge is 0.361 e. The standard InChI is InChI=1S/C20H15Cl4N5O/c1-28(2)19-16-18(29(27-19)17-12(22)4-3-5-13(17)23)25-15(26-20(16)30)9-10-6-7-11(21)14(24)8-10/h3-8H,9H2,1-2H3,(H,25,26,30). The van der Waals surface area contributed by atoms with Crippen molar-refractivity contribution in [2.45, 2.75) is 6.42 Å². The van der Waals surface area contributed by atoms with Gasteiger partial charge in [0.15, 0.2) is 11.5 Å². The van der Waals surface area contributed by atoms with Gasteiger partial charge in [0, 0.05) is 20.5 Å². The summed E-state index contributed by atoms with van der Waals surface area (Å²) in [7, 11) is 3.59. The molecular formula is C20H15Cl4N5O. The SMILES string of the molecule is CN(C)c1nn(-c2c(Cl)cccc2Cl)c2nc(Cc3ccc(Cl)c(Cl)c3)[nH]c(=O)c12. The van der Waals surface area contributed by atoms with Gasteiger partial charge in [-0.25, -0.2) is 9.67 Å². The molecule has 0 spiro atoms. The Morgan fingerprint density at radius 3 is 2.33 bits per heavy atom. The molecule has 2 aromatic heterocycles. The second-order valence-corrected chi connectivity index (χ2v) is 8.47. The van der Waals surface area contributed by atoms with Crippen LogP contribution in [0.1, 0.15) is 11.4 Å². The molecule has 4 aromatic rings. The van der Waals surface area contributed by atoms with Gasteiger partial charge in [0.1, 0.15) is 16.9 Å². The number of hydrogen-bond acceptors (Lipinski definition) is 4. The van der Waals surface area contributed by atoms with Gasteiger partial charge in [-0.3, -0.25) is 4.79 Å². The molecule has 0 fully saturated rings. The molecule has 4 rings (SSSR count). The predicted molar refractivity (Wildman–Crippen MR) is 123 cm³/mol. The molecule has 0 bridgehead atoms. The summed E-state index contributed by atoms with van der Waals surface area (Å²) in [5, 5.41) is 6.59. The number of rotatable bonds is 4. The van der Waals surface area contributed by atoms with Crippen molar-refractivity contribution in [2.75, 3.05) is 19.0 Å². The fourth-order valence-electron chi connectivity index (χ4n) is 3.14. The molecule has 0 radical (unpaired) electrons. The first kappa shape index (κ1) is 21.0. The first-order valence-corrected chi connectivity index (χ1v) is 10.3. The third-order valence-corrected chi connectivity index (χ3v) is 5.85. The van der Waals surface area contributed by atoms with Crippen LogP contribution < -0.4 is 10.5 Å². The summed E-state index contributed by atoms with van der Waals surface area (Å²) in [6, 6.07) is 10.4. The van der Waals surface area contributed by atoms with Crippen LogP contribution in [0, 0.1) is 0 Å². The summed E-state index contributed by atoms with van der Waals surface area (Å²) < 4.78 is 1.50. The molecule has 0 aliphatic carbocycles. The maximum atomic E-state index is 13.0. The third-order valence-electron chi connectivity index (χ3n) is 4.50. The number of fused-ring (bicyclic) bond motifs is 1. The van der Waals surface area contributed by atoms with E-state index in [1.807, 2.05) is 6.07 Å². The van der Waals surface area contributed by atoms with Crippen molar-refractivity contribution in [2.24, 2.45) is 0 Å². The van der Waals surface area contributed by atoms with E-state index < -0.39 is 0 Å². The molecule has 0 amide bonds. The van der Waals surface area contributed by atoms with E-state index in [-0.39, 0.29) is 5.56 Å². The molecule has 6 nitrogen and oxygen atoms in total. The zero-order chi connectivity index (χ0) is 21.6. The quantitative estimate of drug-likeness (QED) is 0.424. The van der Waals surface area contributed by atoms with Crippen LogP contribution in [0.5, 0.6) is 0 Å². The lowest BCUT2D eigenvalue weighted by atomic mass is 10.1. The molecule has 0 aliphatic heterocycles. The van der Waals surface area contributed by atoms with Gasteiger partial charge in [0.25, 0.3) is 5.56 Å². The molecule has 0 saturated carbocycles. The van der Waals surface area contributed by atoms with E-state index in [9.17, 15) is 4.79 Å². The van der Waals surface area contributed by atoms with Gasteiger partial charge >= 0.3 is 0 Å². The van der Waals surface area contributed by atoms with E-state index in [0.717, 1.165) is 5.56 Å². The second kappa shape index (κ2) is 8.12. The molecule has 0 saturated heterocycles. The number of H-pyrrole nitrogens is 1. The summed E-state index contributed by atoms with van der Waals surface area (Å²) in [5.41, 5.74) is 1.35. The Kier molecular flexibility index (Phi) is 5.68. The number of halogens is 4. The normalized spacial score (nSPS) is 11.3. The van der Waals surface area contributed by atoms with E-state index in [2.05, 4.69) is 15.1 Å². The molecule has 30 heavy (non-hydrogen) atoms. The van der Waals surface area contributed by atoms with Crippen molar-refractivity contribution in [1.29, 1.82) is 0 Å². The molecule has 0 unspecified atom stereocenters. The maximum absolute atomic E-state index is 13.0. The Bertz CT molecular complexity index is 1310. The van der Waals surface area contributed by atoms with Gasteiger partial charge in [-0.2, -0.15) is 0 Å². The monoisotopic (exact) mass is 481 g/mol. The van der Waals surface area contributed by atoms with Gasteiger partial charge in [-0.05, 0) is 29.8 Å². The number of anilines is 1. The molecule has 154 valence electrons. The lowest BCUT2D eigenvalue weighted by Gasteiger charge is -2.09. The number of para-hydroxylation sites is 1. The Morgan fingerprint density at radius 2 is 1.70 bits per heavy atom. The highest BCUT2D eigenvalue weighted by Gasteiger charge is 2.22. The van der Waals surface area contributed by atoms with Crippen molar-refractivity contribution in [1.82, 2.24) is 19.7 Å². The van der Waals surface area contributed by atoms with Crippen molar-refractivity contribution < 1.29 is 0 Å². The van der Waals surface area contributed by atoms with E-state index in [4.69, 9.17) is 46.4 Å². The van der Waals surface area contributed by atoms with Crippen LogP contribution in [0.4, 0.5) is 5.82 Å². The highest BCUT2D eigenvalue weighted by molar-refractivity contribution is 6.42. The van der Waals surface area contributed by atoms with Crippen molar-refractivity contribution in [3.8, 4) is 5.69 Å². The number of benzene rings is 2. The topological polar surface area (TPSA) is 66.8 Å². The highest BCUT2D eigenvalue weighted by atomic mass is 35.5. The summed E-state index contributed by atoms with van der Waals surface area (Å²) in [4.78, 5) is 22.2. The Labute approximate surface area is 192 Å². The van der Waals surface area contributed by atoms with Crippen LogP contribution >= 0.6 is 46.4 Å². The van der Waals surface area contributed by atoms with E-state index in [1.165, 1.54) is 4.68 Å². The van der Waals surface area contributed by atoms with Gasteiger partial charge in [0.05, 0.1) is 20.1 Å². The molecular weight excluding hydrogens is 468 g/mol. The number of aromatic amines is 1. The Hall–Kier alpha value is -2.25. The lowest BCUT2D eigenvalue weighted by Crippen LogP contribution is -2.16. The Balaban J connectivity index is 1.94. The fourth-order valence-corrected chi connectivity index (χ4v) is 4.02. The molecule has 1 N–H and O–H groups in total. The van der Waals surface area contributed by atoms with Crippen molar-refractivity contribution >= 4 is 63.3 Å². The van der Waals surface area contributed by atoms with Crippen LogP contribution in [0.15, 0.2) is 41.2 Å². The average molecular weight is 483 g/mol. The first-order chi connectivity index (χ1) is 14.3. The van der Waals surface area contributed by atoms with Crippen molar-refractivity contribution in [3.05, 3.63) is 78.2 Å². The van der Waals surface area contributed by atoms with Crippen LogP contribution in [-0.4, -0.2) is 33.8 Å². The number of nitrogens with zero attached hydrogens (tertiary/aromatic N) is 4. The first-order valence-electron chi connectivity index (χ1n) is 8.84. The zero-order valence-corrected chi connectivity index (χ0v) is 18.9.